The molecule has 0 saturated carbocycles. The zero-order valence-electron chi connectivity index (χ0n) is 9.88. The van der Waals surface area contributed by atoms with Crippen molar-refractivity contribution in [2.24, 2.45) is 0 Å². The Balaban J connectivity index is 1.93. The highest BCUT2D eigenvalue weighted by Gasteiger charge is 2.19. The summed E-state index contributed by atoms with van der Waals surface area (Å²) in [6.07, 6.45) is 1.08. The average Bonchev–Trinajstić information content (AvgIpc) is 2.87. The summed E-state index contributed by atoms with van der Waals surface area (Å²) in [6.45, 7) is 5.63. The monoisotopic (exact) mass is 250 g/mol. The van der Waals surface area contributed by atoms with Crippen LogP contribution in [0.25, 0.3) is 5.78 Å². The molecule has 6 heteroatoms. The van der Waals surface area contributed by atoms with Crippen molar-refractivity contribution >= 4 is 17.5 Å². The lowest BCUT2D eigenvalue weighted by Gasteiger charge is -2.01. The van der Waals surface area contributed by atoms with Crippen LogP contribution in [0.4, 0.5) is 0 Å². The molecule has 1 saturated heterocycles. The molecule has 5 nitrogen and oxygen atoms in total. The molecular weight excluding hydrogens is 236 g/mol. The Hall–Kier alpha value is -1.14. The summed E-state index contributed by atoms with van der Waals surface area (Å²) in [4.78, 5) is 8.82. The number of hydrogen-bond acceptors (Lipinski definition) is 5. The van der Waals surface area contributed by atoms with Gasteiger partial charge in [-0.1, -0.05) is 11.8 Å². The molecule has 0 aromatic carbocycles. The lowest BCUT2D eigenvalue weighted by Crippen LogP contribution is -2.01. The Bertz CT molecular complexity index is 548. The Morgan fingerprint density at radius 2 is 2.29 bits per heavy atom. The van der Waals surface area contributed by atoms with Gasteiger partial charge < -0.3 is 4.74 Å². The van der Waals surface area contributed by atoms with Gasteiger partial charge in [-0.25, -0.2) is 9.50 Å². The van der Waals surface area contributed by atoms with Crippen LogP contribution in [-0.4, -0.2) is 38.0 Å². The van der Waals surface area contributed by atoms with Gasteiger partial charge in [0.15, 0.2) is 0 Å². The zero-order chi connectivity index (χ0) is 11.8. The highest BCUT2D eigenvalue weighted by Crippen LogP contribution is 2.26. The lowest BCUT2D eigenvalue weighted by molar-refractivity contribution is 0.199. The molecule has 2 aromatic rings. The van der Waals surface area contributed by atoms with Gasteiger partial charge in [-0.3, -0.25) is 0 Å². The Morgan fingerprint density at radius 1 is 1.41 bits per heavy atom. The third-order valence-electron chi connectivity index (χ3n) is 2.76. The third-order valence-corrected chi connectivity index (χ3v) is 3.85. The van der Waals surface area contributed by atoms with Crippen LogP contribution >= 0.6 is 11.8 Å². The topological polar surface area (TPSA) is 52.3 Å². The number of ether oxygens (including phenoxy) is 1. The van der Waals surface area contributed by atoms with Crippen LogP contribution in [0.5, 0.6) is 0 Å². The summed E-state index contributed by atoms with van der Waals surface area (Å²) < 4.78 is 7.14. The van der Waals surface area contributed by atoms with Crippen molar-refractivity contribution in [2.45, 2.75) is 30.7 Å². The maximum atomic E-state index is 5.35. The zero-order valence-corrected chi connectivity index (χ0v) is 10.7. The van der Waals surface area contributed by atoms with Crippen LogP contribution < -0.4 is 0 Å². The summed E-state index contributed by atoms with van der Waals surface area (Å²) in [5, 5.41) is 5.74. The number of fused-ring (bicyclic) bond motifs is 1. The van der Waals surface area contributed by atoms with E-state index in [-0.39, 0.29) is 0 Å². The summed E-state index contributed by atoms with van der Waals surface area (Å²) in [7, 11) is 0. The van der Waals surface area contributed by atoms with Crippen LogP contribution in [-0.2, 0) is 4.74 Å². The molecule has 1 atom stereocenters. The second-order valence-electron chi connectivity index (χ2n) is 4.25. The molecule has 1 aliphatic rings. The van der Waals surface area contributed by atoms with E-state index in [9.17, 15) is 0 Å². The minimum Gasteiger partial charge on any atom is -0.380 e. The van der Waals surface area contributed by atoms with Gasteiger partial charge in [-0.05, 0) is 26.3 Å². The molecule has 0 aliphatic carbocycles. The first-order valence-electron chi connectivity index (χ1n) is 5.68. The fraction of sp³-hybridized carbons (Fsp3) is 0.545. The van der Waals surface area contributed by atoms with Crippen LogP contribution in [0.2, 0.25) is 0 Å². The van der Waals surface area contributed by atoms with Gasteiger partial charge in [-0.15, -0.1) is 5.10 Å². The fourth-order valence-electron chi connectivity index (χ4n) is 1.95. The Kier molecular flexibility index (Phi) is 2.76. The standard InChI is InChI=1S/C11H14N4OS/c1-7-5-8(2)15-10(12-7)13-11(14-15)17-9-3-4-16-6-9/h5,9H,3-4,6H2,1-2H3. The van der Waals surface area contributed by atoms with E-state index in [0.29, 0.717) is 11.0 Å². The molecule has 1 unspecified atom stereocenters. The van der Waals surface area contributed by atoms with E-state index >= 15 is 0 Å². The molecule has 1 fully saturated rings. The Labute approximate surface area is 104 Å². The normalized spacial score (nSPS) is 20.2. The SMILES string of the molecule is Cc1cc(C)n2nc(SC3CCOC3)nc2n1. The first-order valence-corrected chi connectivity index (χ1v) is 6.56. The minimum absolute atomic E-state index is 0.480. The highest BCUT2D eigenvalue weighted by atomic mass is 32.2. The molecule has 0 amide bonds. The van der Waals surface area contributed by atoms with Crippen LogP contribution in [0, 0.1) is 13.8 Å². The molecule has 1 aliphatic heterocycles. The van der Waals surface area contributed by atoms with E-state index in [4.69, 9.17) is 4.74 Å². The number of nitrogens with zero attached hydrogens (tertiary/aromatic N) is 4. The molecule has 90 valence electrons. The maximum Gasteiger partial charge on any atom is 0.253 e. The van der Waals surface area contributed by atoms with Gasteiger partial charge >= 0.3 is 0 Å². The van der Waals surface area contributed by atoms with Crippen LogP contribution in [0.3, 0.4) is 0 Å². The molecule has 17 heavy (non-hydrogen) atoms. The predicted molar refractivity (Wildman–Crippen MR) is 65.3 cm³/mol. The molecule has 0 N–H and O–H groups in total. The summed E-state index contributed by atoms with van der Waals surface area (Å²) in [5.74, 6) is 0.684. The van der Waals surface area contributed by atoms with Gasteiger partial charge in [0.2, 0.25) is 5.16 Å². The smallest absolute Gasteiger partial charge is 0.253 e. The number of hydrogen-bond donors (Lipinski definition) is 0. The number of rotatable bonds is 2. The predicted octanol–water partition coefficient (Wildman–Crippen LogP) is 1.62. The van der Waals surface area contributed by atoms with Crippen molar-refractivity contribution in [2.75, 3.05) is 13.2 Å². The van der Waals surface area contributed by atoms with Crippen LogP contribution in [0.1, 0.15) is 17.8 Å². The van der Waals surface area contributed by atoms with E-state index in [1.807, 2.05) is 19.9 Å². The highest BCUT2D eigenvalue weighted by molar-refractivity contribution is 7.99. The molecule has 0 radical (unpaired) electrons. The minimum atomic E-state index is 0.480. The third kappa shape index (κ3) is 2.14. The van der Waals surface area contributed by atoms with Gasteiger partial charge in [0, 0.05) is 23.2 Å². The number of thioether (sulfide) groups is 1. The maximum absolute atomic E-state index is 5.35. The second kappa shape index (κ2) is 4.27. The summed E-state index contributed by atoms with van der Waals surface area (Å²) in [5.41, 5.74) is 2.04. The number of aromatic nitrogens is 4. The van der Waals surface area contributed by atoms with E-state index in [0.717, 1.165) is 36.2 Å². The quantitative estimate of drug-likeness (QED) is 0.810. The first-order chi connectivity index (χ1) is 8.22. The van der Waals surface area contributed by atoms with E-state index in [2.05, 4.69) is 15.1 Å². The molecular formula is C11H14N4OS. The Morgan fingerprint density at radius 3 is 3.06 bits per heavy atom. The van der Waals surface area contributed by atoms with Crippen molar-refractivity contribution < 1.29 is 4.74 Å². The number of aryl methyl sites for hydroxylation is 2. The van der Waals surface area contributed by atoms with Gasteiger partial charge in [0.25, 0.3) is 5.78 Å². The molecule has 3 rings (SSSR count). The summed E-state index contributed by atoms with van der Waals surface area (Å²) in [6, 6.07) is 2.01. The van der Waals surface area contributed by atoms with E-state index in [1.54, 1.807) is 16.3 Å². The van der Waals surface area contributed by atoms with Crippen LogP contribution in [0.15, 0.2) is 11.2 Å². The van der Waals surface area contributed by atoms with Crippen molar-refractivity contribution in [3.8, 4) is 0 Å². The van der Waals surface area contributed by atoms with Crippen molar-refractivity contribution in [3.05, 3.63) is 17.5 Å². The van der Waals surface area contributed by atoms with E-state index in [1.165, 1.54) is 0 Å². The average molecular weight is 250 g/mol. The molecule has 0 spiro atoms. The second-order valence-corrected chi connectivity index (χ2v) is 5.52. The molecule has 2 aromatic heterocycles. The first kappa shape index (κ1) is 11.0. The molecule has 3 heterocycles. The van der Waals surface area contributed by atoms with Gasteiger partial charge in [0.05, 0.1) is 6.61 Å². The molecule has 0 bridgehead atoms. The van der Waals surface area contributed by atoms with E-state index < -0.39 is 0 Å². The summed E-state index contributed by atoms with van der Waals surface area (Å²) >= 11 is 1.68. The van der Waals surface area contributed by atoms with Crippen molar-refractivity contribution in [1.29, 1.82) is 0 Å². The van der Waals surface area contributed by atoms with Crippen molar-refractivity contribution in [1.82, 2.24) is 19.6 Å². The largest absolute Gasteiger partial charge is 0.380 e. The van der Waals surface area contributed by atoms with Gasteiger partial charge in [0.1, 0.15) is 0 Å². The van der Waals surface area contributed by atoms with Crippen molar-refractivity contribution in [3.63, 3.8) is 0 Å². The lowest BCUT2D eigenvalue weighted by atomic mass is 10.4. The van der Waals surface area contributed by atoms with Gasteiger partial charge in [-0.2, -0.15) is 4.98 Å². The fourth-order valence-corrected chi connectivity index (χ4v) is 2.89.